The van der Waals surface area contributed by atoms with Crippen LogP contribution < -0.4 is 0 Å². The van der Waals surface area contributed by atoms with Crippen molar-refractivity contribution in [1.82, 2.24) is 0 Å². The van der Waals surface area contributed by atoms with Crippen molar-refractivity contribution in [2.24, 2.45) is 5.41 Å². The minimum Gasteiger partial charge on any atom is -0.467 e. The molecule has 0 aliphatic carbocycles. The van der Waals surface area contributed by atoms with Crippen molar-refractivity contribution in [2.45, 2.75) is 39.7 Å². The van der Waals surface area contributed by atoms with Crippen LogP contribution in [-0.4, -0.2) is 24.3 Å². The molecule has 3 nitrogen and oxygen atoms in total. The second kappa shape index (κ2) is 4.45. The highest BCUT2D eigenvalue weighted by atomic mass is 16.5. The summed E-state index contributed by atoms with van der Waals surface area (Å²) in [5, 5.41) is 9.21. The summed E-state index contributed by atoms with van der Waals surface area (Å²) in [6.07, 6.45) is 0.314. The molecule has 0 amide bonds. The fraction of sp³-hybridized carbons (Fsp3) is 0.889. The van der Waals surface area contributed by atoms with E-state index >= 15 is 0 Å². The lowest BCUT2D eigenvalue weighted by atomic mass is 9.89. The van der Waals surface area contributed by atoms with Gasteiger partial charge >= 0.3 is 5.97 Å². The van der Waals surface area contributed by atoms with Gasteiger partial charge in [0.1, 0.15) is 0 Å². The molecule has 0 aromatic heterocycles. The summed E-state index contributed by atoms with van der Waals surface area (Å²) in [5.41, 5.74) is 0.148. The summed E-state index contributed by atoms with van der Waals surface area (Å²) in [5.74, 6) is -0.542. The van der Waals surface area contributed by atoms with Gasteiger partial charge in [0.05, 0.1) is 7.11 Å². The largest absolute Gasteiger partial charge is 0.467 e. The summed E-state index contributed by atoms with van der Waals surface area (Å²) >= 11 is 0. The third-order valence-corrected chi connectivity index (χ3v) is 1.64. The number of ether oxygens (including phenoxy) is 1. The van der Waals surface area contributed by atoms with Crippen LogP contribution in [0.4, 0.5) is 0 Å². The molecule has 0 rings (SSSR count). The van der Waals surface area contributed by atoms with Crippen LogP contribution in [0.2, 0.25) is 0 Å². The molecule has 0 saturated heterocycles. The van der Waals surface area contributed by atoms with Crippen LogP contribution in [0.3, 0.4) is 0 Å². The van der Waals surface area contributed by atoms with Crippen molar-refractivity contribution in [3.8, 4) is 0 Å². The van der Waals surface area contributed by atoms with Crippen LogP contribution in [0, 0.1) is 5.41 Å². The maximum Gasteiger partial charge on any atom is 0.334 e. The molecule has 0 aliphatic rings. The number of carbonyl (C=O) groups excluding carboxylic acids is 1. The first-order valence-corrected chi connectivity index (χ1v) is 4.13. The fourth-order valence-electron chi connectivity index (χ4n) is 0.824. The molecule has 0 radical (unpaired) electrons. The van der Waals surface area contributed by atoms with Gasteiger partial charge in [0, 0.05) is 0 Å². The molecule has 3 heteroatoms. The van der Waals surface area contributed by atoms with E-state index in [1.807, 2.05) is 0 Å². The summed E-state index contributed by atoms with van der Waals surface area (Å²) in [4.78, 5) is 10.8. The third-order valence-electron chi connectivity index (χ3n) is 1.64. The van der Waals surface area contributed by atoms with Crippen molar-refractivity contribution in [3.63, 3.8) is 0 Å². The monoisotopic (exact) mass is 174 g/mol. The van der Waals surface area contributed by atoms with Gasteiger partial charge in [0.2, 0.25) is 0 Å². The fourth-order valence-corrected chi connectivity index (χ4v) is 0.824. The Morgan fingerprint density at radius 2 is 2.00 bits per heavy atom. The summed E-state index contributed by atoms with van der Waals surface area (Å²) in [6, 6.07) is 0. The van der Waals surface area contributed by atoms with Crippen molar-refractivity contribution in [2.75, 3.05) is 7.11 Å². The lowest BCUT2D eigenvalue weighted by molar-refractivity contribution is -0.150. The molecule has 0 aliphatic heterocycles. The van der Waals surface area contributed by atoms with E-state index in [2.05, 4.69) is 25.5 Å². The standard InChI is InChI=1S/C9H18O3/c1-9(2,3)6-5-7(10)8(11)12-4/h7,10H,5-6H2,1-4H3. The van der Waals surface area contributed by atoms with E-state index in [0.29, 0.717) is 6.42 Å². The first-order chi connectivity index (χ1) is 5.37. The molecule has 0 saturated carbocycles. The van der Waals surface area contributed by atoms with Crippen molar-refractivity contribution >= 4 is 5.97 Å². The Labute approximate surface area is 73.7 Å². The van der Waals surface area contributed by atoms with Gasteiger partial charge in [-0.2, -0.15) is 0 Å². The van der Waals surface area contributed by atoms with E-state index in [4.69, 9.17) is 0 Å². The molecule has 12 heavy (non-hydrogen) atoms. The molecular weight excluding hydrogens is 156 g/mol. The molecule has 0 bridgehead atoms. The minimum atomic E-state index is -0.964. The number of aliphatic hydroxyl groups is 1. The molecule has 1 atom stereocenters. The summed E-state index contributed by atoms with van der Waals surface area (Å²) in [6.45, 7) is 6.20. The number of aliphatic hydroxyl groups excluding tert-OH is 1. The van der Waals surface area contributed by atoms with Gasteiger partial charge in [-0.15, -0.1) is 0 Å². The van der Waals surface area contributed by atoms with E-state index in [1.165, 1.54) is 7.11 Å². The Kier molecular flexibility index (Phi) is 4.24. The lowest BCUT2D eigenvalue weighted by Gasteiger charge is -2.19. The maximum absolute atomic E-state index is 10.8. The zero-order chi connectivity index (χ0) is 9.78. The zero-order valence-electron chi connectivity index (χ0n) is 8.26. The Balaban J connectivity index is 3.72. The van der Waals surface area contributed by atoms with E-state index in [1.54, 1.807) is 0 Å². The number of hydrogen-bond donors (Lipinski definition) is 1. The van der Waals surface area contributed by atoms with E-state index in [-0.39, 0.29) is 5.41 Å². The van der Waals surface area contributed by atoms with Gasteiger partial charge in [0.25, 0.3) is 0 Å². The second-order valence-electron chi connectivity index (χ2n) is 4.14. The van der Waals surface area contributed by atoms with Crippen LogP contribution in [0.15, 0.2) is 0 Å². The first-order valence-electron chi connectivity index (χ1n) is 4.13. The van der Waals surface area contributed by atoms with Gasteiger partial charge in [-0.3, -0.25) is 0 Å². The van der Waals surface area contributed by atoms with Crippen LogP contribution in [0.25, 0.3) is 0 Å². The van der Waals surface area contributed by atoms with E-state index in [0.717, 1.165) is 6.42 Å². The number of esters is 1. The molecule has 72 valence electrons. The Bertz CT molecular complexity index is 146. The normalized spacial score (nSPS) is 14.1. The zero-order valence-corrected chi connectivity index (χ0v) is 8.26. The second-order valence-corrected chi connectivity index (χ2v) is 4.14. The van der Waals surface area contributed by atoms with Crippen molar-refractivity contribution in [1.29, 1.82) is 0 Å². The average Bonchev–Trinajstić information content (AvgIpc) is 1.97. The van der Waals surface area contributed by atoms with E-state index in [9.17, 15) is 9.90 Å². The minimum absolute atomic E-state index is 0.148. The lowest BCUT2D eigenvalue weighted by Crippen LogP contribution is -2.23. The number of methoxy groups -OCH3 is 1. The quantitative estimate of drug-likeness (QED) is 0.657. The van der Waals surface area contributed by atoms with Crippen molar-refractivity contribution < 1.29 is 14.6 Å². The summed E-state index contributed by atoms with van der Waals surface area (Å²) < 4.78 is 4.39. The average molecular weight is 174 g/mol. The van der Waals surface area contributed by atoms with Crippen LogP contribution in [-0.2, 0) is 9.53 Å². The Morgan fingerprint density at radius 3 is 2.33 bits per heavy atom. The number of carbonyl (C=O) groups is 1. The van der Waals surface area contributed by atoms with Gasteiger partial charge < -0.3 is 9.84 Å². The van der Waals surface area contributed by atoms with Gasteiger partial charge in [-0.05, 0) is 18.3 Å². The number of hydrogen-bond acceptors (Lipinski definition) is 3. The molecule has 1 unspecified atom stereocenters. The maximum atomic E-state index is 10.8. The molecular formula is C9H18O3. The highest BCUT2D eigenvalue weighted by molar-refractivity contribution is 5.74. The van der Waals surface area contributed by atoms with Crippen LogP contribution >= 0.6 is 0 Å². The van der Waals surface area contributed by atoms with Gasteiger partial charge in [-0.1, -0.05) is 20.8 Å². The smallest absolute Gasteiger partial charge is 0.334 e. The predicted octanol–water partition coefficient (Wildman–Crippen LogP) is 1.35. The van der Waals surface area contributed by atoms with E-state index < -0.39 is 12.1 Å². The topological polar surface area (TPSA) is 46.5 Å². The molecule has 0 fully saturated rings. The molecule has 1 N–H and O–H groups in total. The molecule has 0 aromatic carbocycles. The van der Waals surface area contributed by atoms with Crippen LogP contribution in [0.5, 0.6) is 0 Å². The Hall–Kier alpha value is -0.570. The molecule has 0 spiro atoms. The molecule has 0 aromatic rings. The highest BCUT2D eigenvalue weighted by Gasteiger charge is 2.18. The SMILES string of the molecule is COC(=O)C(O)CCC(C)(C)C. The number of rotatable bonds is 3. The van der Waals surface area contributed by atoms with Gasteiger partial charge in [0.15, 0.2) is 6.10 Å². The first kappa shape index (κ1) is 11.4. The summed E-state index contributed by atoms with van der Waals surface area (Å²) in [7, 11) is 1.28. The van der Waals surface area contributed by atoms with Crippen LogP contribution in [0.1, 0.15) is 33.6 Å². The third kappa shape index (κ3) is 5.13. The molecule has 0 heterocycles. The Morgan fingerprint density at radius 1 is 1.50 bits per heavy atom. The van der Waals surface area contributed by atoms with Gasteiger partial charge in [-0.25, -0.2) is 4.79 Å². The highest BCUT2D eigenvalue weighted by Crippen LogP contribution is 2.21. The van der Waals surface area contributed by atoms with Crippen molar-refractivity contribution in [3.05, 3.63) is 0 Å². The predicted molar refractivity (Wildman–Crippen MR) is 46.7 cm³/mol.